The molecular weight excluding hydrogens is 376 g/mol. The molecule has 0 bridgehead atoms. The lowest BCUT2D eigenvalue weighted by Gasteiger charge is -2.34. The van der Waals surface area contributed by atoms with Gasteiger partial charge in [0, 0.05) is 37.0 Å². The molecule has 2 aromatic rings. The lowest BCUT2D eigenvalue weighted by molar-refractivity contribution is -0.139. The minimum absolute atomic E-state index is 0.00986. The van der Waals surface area contributed by atoms with Gasteiger partial charge < -0.3 is 9.80 Å². The number of thiophene rings is 1. The highest BCUT2D eigenvalue weighted by molar-refractivity contribution is 7.18. The fraction of sp³-hybridized carbons (Fsp3) is 0.600. The van der Waals surface area contributed by atoms with Crippen LogP contribution in [-0.2, 0) is 9.59 Å². The lowest BCUT2D eigenvalue weighted by atomic mass is 10.0. The van der Waals surface area contributed by atoms with Gasteiger partial charge in [0.1, 0.15) is 10.7 Å². The number of fused-ring (bicyclic) bond motifs is 1. The molecule has 0 saturated carbocycles. The molecule has 0 aliphatic carbocycles. The van der Waals surface area contributed by atoms with Crippen LogP contribution in [0.25, 0.3) is 10.2 Å². The monoisotopic (exact) mass is 402 g/mol. The SMILES string of the molecule is Cc1sc2nc(C)n(C3CCN(C(=O)CN4CCCC4=O)CC3)c(=O)c2c1C. The fourth-order valence-electron chi connectivity index (χ4n) is 4.35. The van der Waals surface area contributed by atoms with E-state index in [1.54, 1.807) is 16.2 Å². The van der Waals surface area contributed by atoms with Crippen molar-refractivity contribution in [1.82, 2.24) is 19.4 Å². The van der Waals surface area contributed by atoms with Gasteiger partial charge in [-0.1, -0.05) is 0 Å². The summed E-state index contributed by atoms with van der Waals surface area (Å²) >= 11 is 1.57. The molecule has 0 atom stereocenters. The van der Waals surface area contributed by atoms with Gasteiger partial charge in [-0.2, -0.15) is 0 Å². The van der Waals surface area contributed by atoms with Gasteiger partial charge in [0.2, 0.25) is 11.8 Å². The third kappa shape index (κ3) is 3.23. The molecule has 28 heavy (non-hydrogen) atoms. The first-order valence-electron chi connectivity index (χ1n) is 9.91. The summed E-state index contributed by atoms with van der Waals surface area (Å²) in [5, 5.41) is 0.735. The molecule has 4 rings (SSSR count). The van der Waals surface area contributed by atoms with Gasteiger partial charge in [-0.25, -0.2) is 4.98 Å². The smallest absolute Gasteiger partial charge is 0.262 e. The van der Waals surface area contributed by atoms with Crippen molar-refractivity contribution in [1.29, 1.82) is 0 Å². The molecular formula is C20H26N4O3S. The van der Waals surface area contributed by atoms with Crippen molar-refractivity contribution in [3.05, 3.63) is 26.6 Å². The first-order valence-corrected chi connectivity index (χ1v) is 10.7. The van der Waals surface area contributed by atoms with Gasteiger partial charge in [0.15, 0.2) is 0 Å². The van der Waals surface area contributed by atoms with E-state index in [2.05, 4.69) is 4.98 Å². The third-order valence-electron chi connectivity index (χ3n) is 6.09. The maximum Gasteiger partial charge on any atom is 0.262 e. The zero-order chi connectivity index (χ0) is 20.0. The van der Waals surface area contributed by atoms with Crippen molar-refractivity contribution in [2.24, 2.45) is 0 Å². The van der Waals surface area contributed by atoms with Gasteiger partial charge in [-0.3, -0.25) is 19.0 Å². The van der Waals surface area contributed by atoms with Crippen molar-refractivity contribution < 1.29 is 9.59 Å². The minimum Gasteiger partial charge on any atom is -0.341 e. The highest BCUT2D eigenvalue weighted by Gasteiger charge is 2.29. The molecule has 2 amide bonds. The van der Waals surface area contributed by atoms with Crippen LogP contribution in [0.1, 0.15) is 48.0 Å². The number of hydrogen-bond acceptors (Lipinski definition) is 5. The quantitative estimate of drug-likeness (QED) is 0.789. The average molecular weight is 403 g/mol. The Kier molecular flexibility index (Phi) is 4.99. The normalized spacial score (nSPS) is 18.5. The second-order valence-corrected chi connectivity index (χ2v) is 9.03. The first kappa shape index (κ1) is 19.1. The topological polar surface area (TPSA) is 75.5 Å². The van der Waals surface area contributed by atoms with E-state index in [-0.39, 0.29) is 30.0 Å². The Labute approximate surface area is 168 Å². The molecule has 0 aromatic carbocycles. The summed E-state index contributed by atoms with van der Waals surface area (Å²) in [5.74, 6) is 0.827. The Morgan fingerprint density at radius 2 is 1.86 bits per heavy atom. The maximum absolute atomic E-state index is 13.2. The van der Waals surface area contributed by atoms with Crippen LogP contribution in [-0.4, -0.2) is 57.3 Å². The second kappa shape index (κ2) is 7.31. The molecule has 2 aromatic heterocycles. The van der Waals surface area contributed by atoms with Crippen molar-refractivity contribution in [3.63, 3.8) is 0 Å². The summed E-state index contributed by atoms with van der Waals surface area (Å²) < 4.78 is 1.83. The molecule has 2 fully saturated rings. The molecule has 0 unspecified atom stereocenters. The van der Waals surface area contributed by atoms with E-state index in [0.29, 0.717) is 26.1 Å². The second-order valence-electron chi connectivity index (χ2n) is 7.83. The maximum atomic E-state index is 13.2. The van der Waals surface area contributed by atoms with Crippen LogP contribution < -0.4 is 5.56 Å². The molecule has 2 aliphatic rings. The number of aryl methyl sites for hydroxylation is 3. The molecule has 2 saturated heterocycles. The van der Waals surface area contributed by atoms with Crippen LogP contribution in [0.15, 0.2) is 4.79 Å². The van der Waals surface area contributed by atoms with Crippen molar-refractivity contribution in [2.75, 3.05) is 26.2 Å². The number of amides is 2. The zero-order valence-corrected chi connectivity index (χ0v) is 17.5. The average Bonchev–Trinajstić information content (AvgIpc) is 3.18. The summed E-state index contributed by atoms with van der Waals surface area (Å²) in [6.45, 7) is 7.98. The van der Waals surface area contributed by atoms with Crippen LogP contribution in [0.4, 0.5) is 0 Å². The van der Waals surface area contributed by atoms with Gasteiger partial charge in [-0.05, 0) is 45.6 Å². The van der Waals surface area contributed by atoms with Crippen LogP contribution in [0.2, 0.25) is 0 Å². The lowest BCUT2D eigenvalue weighted by Crippen LogP contribution is -2.45. The Balaban J connectivity index is 1.49. The standard InChI is InChI=1S/C20H26N4O3S/c1-12-13(2)28-19-18(12)20(27)24(14(3)21-19)15-6-9-22(10-7-15)17(26)11-23-8-4-5-16(23)25/h15H,4-11H2,1-3H3. The molecule has 150 valence electrons. The molecule has 0 spiro atoms. The predicted molar refractivity (Wildman–Crippen MR) is 109 cm³/mol. The Morgan fingerprint density at radius 1 is 1.14 bits per heavy atom. The van der Waals surface area contributed by atoms with E-state index in [4.69, 9.17) is 0 Å². The molecule has 0 radical (unpaired) electrons. The van der Waals surface area contributed by atoms with Gasteiger partial charge in [0.05, 0.1) is 11.9 Å². The number of aromatic nitrogens is 2. The summed E-state index contributed by atoms with van der Waals surface area (Å²) in [7, 11) is 0. The molecule has 0 N–H and O–H groups in total. The zero-order valence-electron chi connectivity index (χ0n) is 16.7. The Hall–Kier alpha value is -2.22. The van der Waals surface area contributed by atoms with Gasteiger partial charge in [-0.15, -0.1) is 11.3 Å². The molecule has 4 heterocycles. The van der Waals surface area contributed by atoms with E-state index < -0.39 is 0 Å². The van der Waals surface area contributed by atoms with Crippen molar-refractivity contribution in [3.8, 4) is 0 Å². The summed E-state index contributed by atoms with van der Waals surface area (Å²) in [5.41, 5.74) is 1.06. The summed E-state index contributed by atoms with van der Waals surface area (Å²) in [6.07, 6.45) is 2.85. The van der Waals surface area contributed by atoms with E-state index in [0.717, 1.165) is 45.7 Å². The Bertz CT molecular complexity index is 1000. The number of piperidine rings is 1. The van der Waals surface area contributed by atoms with Crippen molar-refractivity contribution in [2.45, 2.75) is 52.5 Å². The summed E-state index contributed by atoms with van der Waals surface area (Å²) in [4.78, 5) is 47.6. The Morgan fingerprint density at radius 3 is 2.50 bits per heavy atom. The fourth-order valence-corrected chi connectivity index (χ4v) is 5.41. The van der Waals surface area contributed by atoms with Crippen LogP contribution in [0, 0.1) is 20.8 Å². The van der Waals surface area contributed by atoms with Gasteiger partial charge in [0.25, 0.3) is 5.56 Å². The van der Waals surface area contributed by atoms with E-state index in [1.165, 1.54) is 0 Å². The van der Waals surface area contributed by atoms with Crippen LogP contribution >= 0.6 is 11.3 Å². The number of carbonyl (C=O) groups excluding carboxylic acids is 2. The number of nitrogens with zero attached hydrogens (tertiary/aromatic N) is 4. The number of likely N-dealkylation sites (tertiary alicyclic amines) is 2. The first-order chi connectivity index (χ1) is 13.4. The largest absolute Gasteiger partial charge is 0.341 e. The highest BCUT2D eigenvalue weighted by atomic mass is 32.1. The van der Waals surface area contributed by atoms with Crippen LogP contribution in [0.5, 0.6) is 0 Å². The third-order valence-corrected chi connectivity index (χ3v) is 7.19. The van der Waals surface area contributed by atoms with E-state index in [9.17, 15) is 14.4 Å². The van der Waals surface area contributed by atoms with Crippen LogP contribution in [0.3, 0.4) is 0 Å². The van der Waals surface area contributed by atoms with E-state index >= 15 is 0 Å². The molecule has 2 aliphatic heterocycles. The minimum atomic E-state index is 0.00986. The van der Waals surface area contributed by atoms with Gasteiger partial charge >= 0.3 is 0 Å². The molecule has 7 nitrogen and oxygen atoms in total. The highest BCUT2D eigenvalue weighted by Crippen LogP contribution is 2.29. The predicted octanol–water partition coefficient (Wildman–Crippen LogP) is 2.17. The number of carbonyl (C=O) groups is 2. The number of rotatable bonds is 3. The van der Waals surface area contributed by atoms with E-state index in [1.807, 2.05) is 30.2 Å². The summed E-state index contributed by atoms with van der Waals surface area (Å²) in [6, 6.07) is 0.0569. The molecule has 8 heteroatoms. The van der Waals surface area contributed by atoms with Crippen molar-refractivity contribution >= 4 is 33.4 Å². The number of hydrogen-bond donors (Lipinski definition) is 0.